The molecule has 1 N–H and O–H groups in total. The number of nitrogens with zero attached hydrogens (tertiary/aromatic N) is 1. The molecule has 1 aromatic heterocycles. The standard InChI is InChI=1S/C10H15NOS2/c1-7(12)9-6-11-10(14-9)5-8-3-2-4-13-8/h6-8,12H,2-5H2,1H3. The zero-order valence-electron chi connectivity index (χ0n) is 8.27. The molecular formula is C10H15NOS2. The summed E-state index contributed by atoms with van der Waals surface area (Å²) >= 11 is 3.71. The lowest BCUT2D eigenvalue weighted by molar-refractivity contribution is 0.203. The van der Waals surface area contributed by atoms with Crippen LogP contribution in [0, 0.1) is 0 Å². The number of rotatable bonds is 3. The number of aromatic nitrogens is 1. The molecule has 2 nitrogen and oxygen atoms in total. The van der Waals surface area contributed by atoms with Crippen LogP contribution in [0.1, 0.15) is 35.8 Å². The molecule has 0 amide bonds. The first-order valence-electron chi connectivity index (χ1n) is 5.00. The van der Waals surface area contributed by atoms with E-state index in [0.29, 0.717) is 0 Å². The molecule has 2 atom stereocenters. The zero-order chi connectivity index (χ0) is 9.97. The number of aliphatic hydroxyl groups is 1. The summed E-state index contributed by atoms with van der Waals surface area (Å²) in [5, 5.41) is 11.3. The van der Waals surface area contributed by atoms with Gasteiger partial charge in [0.1, 0.15) is 0 Å². The highest BCUT2D eigenvalue weighted by Crippen LogP contribution is 2.30. The molecule has 0 aromatic carbocycles. The molecule has 2 unspecified atom stereocenters. The molecule has 1 aliphatic rings. The largest absolute Gasteiger partial charge is 0.388 e. The van der Waals surface area contributed by atoms with Gasteiger partial charge in [-0.25, -0.2) is 4.98 Å². The van der Waals surface area contributed by atoms with E-state index < -0.39 is 0 Å². The summed E-state index contributed by atoms with van der Waals surface area (Å²) < 4.78 is 0. The Bertz CT molecular complexity index is 292. The Kier molecular flexibility index (Phi) is 3.47. The second-order valence-electron chi connectivity index (χ2n) is 3.67. The summed E-state index contributed by atoms with van der Waals surface area (Å²) in [5.74, 6) is 1.30. The van der Waals surface area contributed by atoms with Gasteiger partial charge in [-0.15, -0.1) is 11.3 Å². The minimum Gasteiger partial charge on any atom is -0.388 e. The van der Waals surface area contributed by atoms with Gasteiger partial charge in [-0.2, -0.15) is 11.8 Å². The minimum absolute atomic E-state index is 0.363. The fraction of sp³-hybridized carbons (Fsp3) is 0.700. The fourth-order valence-corrected chi connectivity index (χ4v) is 3.93. The predicted molar refractivity (Wildman–Crippen MR) is 61.9 cm³/mol. The van der Waals surface area contributed by atoms with Crippen molar-refractivity contribution in [2.75, 3.05) is 5.75 Å². The van der Waals surface area contributed by atoms with Crippen molar-refractivity contribution in [1.29, 1.82) is 0 Å². The zero-order valence-corrected chi connectivity index (χ0v) is 9.90. The van der Waals surface area contributed by atoms with Crippen molar-refractivity contribution in [1.82, 2.24) is 4.98 Å². The molecular weight excluding hydrogens is 214 g/mol. The maximum atomic E-state index is 9.36. The Morgan fingerprint density at radius 2 is 2.57 bits per heavy atom. The van der Waals surface area contributed by atoms with Gasteiger partial charge in [0, 0.05) is 17.9 Å². The van der Waals surface area contributed by atoms with Gasteiger partial charge in [-0.3, -0.25) is 0 Å². The second-order valence-corrected chi connectivity index (χ2v) is 6.23. The van der Waals surface area contributed by atoms with Crippen LogP contribution in [0.2, 0.25) is 0 Å². The van der Waals surface area contributed by atoms with E-state index in [1.54, 1.807) is 18.3 Å². The highest BCUT2D eigenvalue weighted by Gasteiger charge is 2.18. The molecule has 0 spiro atoms. The molecule has 1 aliphatic heterocycles. The monoisotopic (exact) mass is 229 g/mol. The SMILES string of the molecule is CC(O)c1cnc(CC2CCCS2)s1. The van der Waals surface area contributed by atoms with Crippen molar-refractivity contribution >= 4 is 23.1 Å². The van der Waals surface area contributed by atoms with Gasteiger partial charge in [0.2, 0.25) is 0 Å². The van der Waals surface area contributed by atoms with Crippen molar-refractivity contribution in [3.63, 3.8) is 0 Å². The maximum absolute atomic E-state index is 9.36. The molecule has 14 heavy (non-hydrogen) atoms. The van der Waals surface area contributed by atoms with Crippen molar-refractivity contribution in [2.45, 2.75) is 37.5 Å². The number of thioether (sulfide) groups is 1. The molecule has 0 saturated carbocycles. The maximum Gasteiger partial charge on any atom is 0.0939 e. The number of hydrogen-bond acceptors (Lipinski definition) is 4. The summed E-state index contributed by atoms with van der Waals surface area (Å²) in [5.41, 5.74) is 0. The van der Waals surface area contributed by atoms with E-state index in [-0.39, 0.29) is 6.10 Å². The van der Waals surface area contributed by atoms with E-state index in [2.05, 4.69) is 16.7 Å². The van der Waals surface area contributed by atoms with Gasteiger partial charge in [-0.1, -0.05) is 0 Å². The molecule has 2 heterocycles. The Morgan fingerprint density at radius 1 is 1.71 bits per heavy atom. The highest BCUT2D eigenvalue weighted by atomic mass is 32.2. The van der Waals surface area contributed by atoms with Crippen molar-refractivity contribution in [3.8, 4) is 0 Å². The number of aliphatic hydroxyl groups excluding tert-OH is 1. The van der Waals surface area contributed by atoms with Crippen LogP contribution in [0.15, 0.2) is 6.20 Å². The molecule has 4 heteroatoms. The first-order valence-corrected chi connectivity index (χ1v) is 6.86. The minimum atomic E-state index is -0.363. The average molecular weight is 229 g/mol. The summed E-state index contributed by atoms with van der Waals surface area (Å²) in [6, 6.07) is 0. The van der Waals surface area contributed by atoms with Crippen LogP contribution in [-0.4, -0.2) is 21.1 Å². The topological polar surface area (TPSA) is 33.1 Å². The fourth-order valence-electron chi connectivity index (χ4n) is 1.61. The average Bonchev–Trinajstić information content (AvgIpc) is 2.75. The quantitative estimate of drug-likeness (QED) is 0.865. The van der Waals surface area contributed by atoms with Crippen LogP contribution in [0.4, 0.5) is 0 Å². The summed E-state index contributed by atoms with van der Waals surface area (Å²) in [6.07, 6.45) is 5.21. The number of hydrogen-bond donors (Lipinski definition) is 1. The van der Waals surface area contributed by atoms with Crippen molar-refractivity contribution < 1.29 is 5.11 Å². The first kappa shape index (κ1) is 10.5. The van der Waals surface area contributed by atoms with E-state index in [1.807, 2.05) is 6.20 Å². The summed E-state index contributed by atoms with van der Waals surface area (Å²) in [7, 11) is 0. The molecule has 1 saturated heterocycles. The van der Waals surface area contributed by atoms with Gasteiger partial charge in [0.05, 0.1) is 16.0 Å². The molecule has 0 radical (unpaired) electrons. The van der Waals surface area contributed by atoms with Gasteiger partial charge in [0.25, 0.3) is 0 Å². The summed E-state index contributed by atoms with van der Waals surface area (Å²) in [4.78, 5) is 5.33. The normalized spacial score (nSPS) is 24.0. The van der Waals surface area contributed by atoms with E-state index in [1.165, 1.54) is 23.6 Å². The highest BCUT2D eigenvalue weighted by molar-refractivity contribution is 8.00. The molecule has 2 rings (SSSR count). The van der Waals surface area contributed by atoms with Crippen molar-refractivity contribution in [2.24, 2.45) is 0 Å². The van der Waals surface area contributed by atoms with Gasteiger partial charge < -0.3 is 5.11 Å². The van der Waals surface area contributed by atoms with E-state index >= 15 is 0 Å². The molecule has 1 aromatic rings. The molecule has 0 bridgehead atoms. The first-order chi connectivity index (χ1) is 6.75. The van der Waals surface area contributed by atoms with Crippen LogP contribution in [0.25, 0.3) is 0 Å². The van der Waals surface area contributed by atoms with Crippen LogP contribution in [-0.2, 0) is 6.42 Å². The lowest BCUT2D eigenvalue weighted by Crippen LogP contribution is -2.00. The third-order valence-corrected chi connectivity index (χ3v) is 5.00. The van der Waals surface area contributed by atoms with Gasteiger partial charge in [-0.05, 0) is 25.5 Å². The Labute approximate surface area is 92.8 Å². The van der Waals surface area contributed by atoms with E-state index in [0.717, 1.165) is 16.5 Å². The summed E-state index contributed by atoms with van der Waals surface area (Å²) in [6.45, 7) is 1.79. The molecule has 0 aliphatic carbocycles. The van der Waals surface area contributed by atoms with Crippen LogP contribution < -0.4 is 0 Å². The van der Waals surface area contributed by atoms with Crippen LogP contribution in [0.5, 0.6) is 0 Å². The third kappa shape index (κ3) is 2.49. The molecule has 1 fully saturated rings. The Hall–Kier alpha value is -0.0600. The Balaban J connectivity index is 1.95. The van der Waals surface area contributed by atoms with E-state index in [4.69, 9.17) is 0 Å². The lowest BCUT2D eigenvalue weighted by atomic mass is 10.2. The van der Waals surface area contributed by atoms with Gasteiger partial charge >= 0.3 is 0 Å². The second kappa shape index (κ2) is 4.64. The number of thiazole rings is 1. The lowest BCUT2D eigenvalue weighted by Gasteiger charge is -2.04. The third-order valence-electron chi connectivity index (χ3n) is 2.41. The predicted octanol–water partition coefficient (Wildman–Crippen LogP) is 2.63. The van der Waals surface area contributed by atoms with Crippen molar-refractivity contribution in [3.05, 3.63) is 16.1 Å². The smallest absolute Gasteiger partial charge is 0.0939 e. The van der Waals surface area contributed by atoms with Crippen LogP contribution in [0.3, 0.4) is 0 Å². The van der Waals surface area contributed by atoms with Gasteiger partial charge in [0.15, 0.2) is 0 Å². The van der Waals surface area contributed by atoms with E-state index in [9.17, 15) is 5.11 Å². The molecule has 78 valence electrons. The van der Waals surface area contributed by atoms with Crippen LogP contribution >= 0.6 is 23.1 Å². The Morgan fingerprint density at radius 3 is 3.14 bits per heavy atom.